The van der Waals surface area contributed by atoms with E-state index in [9.17, 15) is 4.79 Å². The predicted molar refractivity (Wildman–Crippen MR) is 91.2 cm³/mol. The minimum Gasteiger partial charge on any atom is -0.461 e. The van der Waals surface area contributed by atoms with Crippen molar-refractivity contribution in [2.24, 2.45) is 5.41 Å². The smallest absolute Gasteiger partial charge is 0.316 e. The minimum absolute atomic E-state index is 0.0263. The van der Waals surface area contributed by atoms with Gasteiger partial charge < -0.3 is 14.8 Å². The molecule has 3 aliphatic rings. The molecular weight excluding hydrogens is 320 g/mol. The molecule has 7 nitrogen and oxygen atoms in total. The summed E-state index contributed by atoms with van der Waals surface area (Å²) in [5.41, 5.74) is -0.220. The SMILES string of the molecule is O=C1OC(CN2CCC(Oc3ncccn3)CC2)CC12CCNCC2. The molecule has 0 aromatic carbocycles. The fourth-order valence-electron chi connectivity index (χ4n) is 4.25. The number of rotatable bonds is 4. The summed E-state index contributed by atoms with van der Waals surface area (Å²) in [6.45, 7) is 4.61. The van der Waals surface area contributed by atoms with Gasteiger partial charge in [-0.2, -0.15) is 0 Å². The minimum atomic E-state index is -0.220. The van der Waals surface area contributed by atoms with Crippen LogP contribution in [0.3, 0.4) is 0 Å². The Morgan fingerprint density at radius 2 is 1.96 bits per heavy atom. The van der Waals surface area contributed by atoms with Crippen molar-refractivity contribution in [3.05, 3.63) is 18.5 Å². The molecule has 3 aliphatic heterocycles. The zero-order valence-corrected chi connectivity index (χ0v) is 14.5. The number of cyclic esters (lactones) is 1. The number of hydrogen-bond acceptors (Lipinski definition) is 7. The standard InChI is InChI=1S/C18H26N4O3/c23-16-18(4-8-19-9-5-18)12-15(24-16)13-22-10-2-14(3-11-22)25-17-20-6-1-7-21-17/h1,6-7,14-15,19H,2-5,8-13H2. The quantitative estimate of drug-likeness (QED) is 0.815. The Balaban J connectivity index is 1.24. The molecule has 1 unspecified atom stereocenters. The Hall–Kier alpha value is -1.73. The van der Waals surface area contributed by atoms with E-state index in [1.165, 1.54) is 0 Å². The first-order chi connectivity index (χ1) is 12.2. The lowest BCUT2D eigenvalue weighted by Crippen LogP contribution is -2.42. The van der Waals surface area contributed by atoms with Crippen LogP contribution in [0.5, 0.6) is 6.01 Å². The second-order valence-electron chi connectivity index (χ2n) is 7.41. The van der Waals surface area contributed by atoms with E-state index in [0.717, 1.165) is 64.8 Å². The molecule has 1 N–H and O–H groups in total. The number of ether oxygens (including phenoxy) is 2. The van der Waals surface area contributed by atoms with E-state index < -0.39 is 0 Å². The van der Waals surface area contributed by atoms with Crippen LogP contribution in [0, 0.1) is 5.41 Å². The molecule has 0 saturated carbocycles. The number of nitrogens with one attached hydrogen (secondary N) is 1. The topological polar surface area (TPSA) is 76.6 Å². The summed E-state index contributed by atoms with van der Waals surface area (Å²) in [5.74, 6) is 0.0263. The molecule has 7 heteroatoms. The van der Waals surface area contributed by atoms with Gasteiger partial charge in [0.1, 0.15) is 12.2 Å². The Labute approximate surface area is 148 Å². The Kier molecular flexibility index (Phi) is 4.85. The number of nitrogens with zero attached hydrogens (tertiary/aromatic N) is 3. The summed E-state index contributed by atoms with van der Waals surface area (Å²) in [7, 11) is 0. The number of likely N-dealkylation sites (tertiary alicyclic amines) is 1. The summed E-state index contributed by atoms with van der Waals surface area (Å²) in [5, 5.41) is 3.34. The van der Waals surface area contributed by atoms with Gasteiger partial charge in [0.05, 0.1) is 5.41 Å². The van der Waals surface area contributed by atoms with Crippen molar-refractivity contribution in [2.75, 3.05) is 32.7 Å². The van der Waals surface area contributed by atoms with Gasteiger partial charge in [0.25, 0.3) is 0 Å². The van der Waals surface area contributed by atoms with Gasteiger partial charge in [-0.3, -0.25) is 9.69 Å². The van der Waals surface area contributed by atoms with Gasteiger partial charge in [-0.1, -0.05) is 0 Å². The monoisotopic (exact) mass is 346 g/mol. The van der Waals surface area contributed by atoms with Gasteiger partial charge in [-0.15, -0.1) is 0 Å². The van der Waals surface area contributed by atoms with Crippen molar-refractivity contribution in [1.82, 2.24) is 20.2 Å². The fraction of sp³-hybridized carbons (Fsp3) is 0.722. The molecular formula is C18H26N4O3. The number of esters is 1. The highest BCUT2D eigenvalue weighted by Gasteiger charge is 2.49. The molecule has 1 aromatic heterocycles. The lowest BCUT2D eigenvalue weighted by molar-refractivity contribution is -0.150. The Morgan fingerprint density at radius 1 is 1.24 bits per heavy atom. The zero-order valence-electron chi connectivity index (χ0n) is 14.5. The van der Waals surface area contributed by atoms with Crippen molar-refractivity contribution in [3.8, 4) is 6.01 Å². The third kappa shape index (κ3) is 3.77. The van der Waals surface area contributed by atoms with Crippen LogP contribution in [0.1, 0.15) is 32.1 Å². The van der Waals surface area contributed by atoms with E-state index >= 15 is 0 Å². The van der Waals surface area contributed by atoms with Crippen LogP contribution < -0.4 is 10.1 Å². The molecule has 0 radical (unpaired) electrons. The summed E-state index contributed by atoms with van der Waals surface area (Å²) < 4.78 is 11.6. The maximum absolute atomic E-state index is 12.4. The van der Waals surface area contributed by atoms with Crippen LogP contribution >= 0.6 is 0 Å². The first-order valence-corrected chi connectivity index (χ1v) is 9.31. The van der Waals surface area contributed by atoms with Crippen LogP contribution in [0.2, 0.25) is 0 Å². The van der Waals surface area contributed by atoms with Crippen molar-refractivity contribution in [3.63, 3.8) is 0 Å². The number of piperidine rings is 2. The van der Waals surface area contributed by atoms with E-state index in [2.05, 4.69) is 20.2 Å². The second kappa shape index (κ2) is 7.25. The fourth-order valence-corrected chi connectivity index (χ4v) is 4.25. The Morgan fingerprint density at radius 3 is 2.68 bits per heavy atom. The van der Waals surface area contributed by atoms with Gasteiger partial charge in [0.15, 0.2) is 0 Å². The molecule has 1 spiro atoms. The molecule has 136 valence electrons. The predicted octanol–water partition coefficient (Wildman–Crippen LogP) is 1.01. The molecule has 1 atom stereocenters. The maximum atomic E-state index is 12.4. The first kappa shape index (κ1) is 16.7. The zero-order chi connectivity index (χ0) is 17.1. The van der Waals surface area contributed by atoms with Crippen LogP contribution in [-0.4, -0.2) is 65.8 Å². The third-order valence-corrected chi connectivity index (χ3v) is 5.70. The molecule has 4 heterocycles. The van der Waals surface area contributed by atoms with Crippen LogP contribution in [0.25, 0.3) is 0 Å². The van der Waals surface area contributed by atoms with Gasteiger partial charge in [-0.05, 0) is 44.8 Å². The number of carbonyl (C=O) groups excluding carboxylic acids is 1. The molecule has 4 rings (SSSR count). The lowest BCUT2D eigenvalue weighted by atomic mass is 9.76. The van der Waals surface area contributed by atoms with Gasteiger partial charge in [0.2, 0.25) is 0 Å². The number of hydrogen-bond donors (Lipinski definition) is 1. The largest absolute Gasteiger partial charge is 0.461 e. The highest BCUT2D eigenvalue weighted by Crippen LogP contribution is 2.41. The second-order valence-corrected chi connectivity index (χ2v) is 7.41. The maximum Gasteiger partial charge on any atom is 0.316 e. The van der Waals surface area contributed by atoms with Crippen molar-refractivity contribution in [1.29, 1.82) is 0 Å². The molecule has 0 amide bonds. The van der Waals surface area contributed by atoms with Crippen LogP contribution in [0.15, 0.2) is 18.5 Å². The summed E-state index contributed by atoms with van der Waals surface area (Å²) in [6, 6.07) is 2.24. The average Bonchev–Trinajstić information content (AvgIpc) is 2.93. The normalized spacial score (nSPS) is 27.4. The van der Waals surface area contributed by atoms with E-state index in [-0.39, 0.29) is 23.6 Å². The summed E-state index contributed by atoms with van der Waals surface area (Å²) >= 11 is 0. The van der Waals surface area contributed by atoms with E-state index in [4.69, 9.17) is 9.47 Å². The molecule has 1 aromatic rings. The Bertz CT molecular complexity index is 583. The highest BCUT2D eigenvalue weighted by molar-refractivity contribution is 5.79. The molecule has 3 saturated heterocycles. The van der Waals surface area contributed by atoms with Gasteiger partial charge >= 0.3 is 12.0 Å². The van der Waals surface area contributed by atoms with Crippen LogP contribution in [-0.2, 0) is 9.53 Å². The summed E-state index contributed by atoms with van der Waals surface area (Å²) in [6.07, 6.45) is 8.21. The molecule has 3 fully saturated rings. The first-order valence-electron chi connectivity index (χ1n) is 9.31. The van der Waals surface area contributed by atoms with Gasteiger partial charge in [0, 0.05) is 38.4 Å². The number of carbonyl (C=O) groups is 1. The highest BCUT2D eigenvalue weighted by atomic mass is 16.6. The summed E-state index contributed by atoms with van der Waals surface area (Å²) in [4.78, 5) is 23.0. The van der Waals surface area contributed by atoms with E-state index in [1.54, 1.807) is 18.5 Å². The number of aromatic nitrogens is 2. The van der Waals surface area contributed by atoms with Crippen molar-refractivity contribution < 1.29 is 14.3 Å². The lowest BCUT2D eigenvalue weighted by Gasteiger charge is -2.33. The third-order valence-electron chi connectivity index (χ3n) is 5.70. The van der Waals surface area contributed by atoms with Crippen LogP contribution in [0.4, 0.5) is 0 Å². The van der Waals surface area contributed by atoms with Gasteiger partial charge in [-0.25, -0.2) is 9.97 Å². The van der Waals surface area contributed by atoms with E-state index in [0.29, 0.717) is 6.01 Å². The molecule has 25 heavy (non-hydrogen) atoms. The average molecular weight is 346 g/mol. The van der Waals surface area contributed by atoms with Crippen molar-refractivity contribution in [2.45, 2.75) is 44.3 Å². The molecule has 0 aliphatic carbocycles. The molecule has 0 bridgehead atoms. The van der Waals surface area contributed by atoms with E-state index in [1.807, 2.05) is 0 Å². The van der Waals surface area contributed by atoms with Crippen molar-refractivity contribution >= 4 is 5.97 Å².